The number of carbonyl (C=O) groups excluding carboxylic acids is 1. The third kappa shape index (κ3) is 3.80. The van der Waals surface area contributed by atoms with Crippen LogP contribution in [0.25, 0.3) is 0 Å². The summed E-state index contributed by atoms with van der Waals surface area (Å²) in [5, 5.41) is 9.45. The lowest BCUT2D eigenvalue weighted by atomic mass is 9.74. The molecule has 27 heavy (non-hydrogen) atoms. The number of rotatable bonds is 5. The van der Waals surface area contributed by atoms with Gasteiger partial charge in [-0.1, -0.05) is 6.92 Å². The highest BCUT2D eigenvalue weighted by Crippen LogP contribution is 2.59. The second kappa shape index (κ2) is 6.52. The molecule has 1 N–H and O–H groups in total. The molecule has 0 aromatic rings. The molecule has 9 heteroatoms. The van der Waals surface area contributed by atoms with Crippen LogP contribution in [0.3, 0.4) is 0 Å². The molecule has 158 valence electrons. The van der Waals surface area contributed by atoms with E-state index < -0.39 is 53.2 Å². The fourth-order valence-electron chi connectivity index (χ4n) is 4.29. The maximum Gasteiger partial charge on any atom is 0.426 e. The van der Waals surface area contributed by atoms with Gasteiger partial charge in [0, 0.05) is 0 Å². The zero-order valence-corrected chi connectivity index (χ0v) is 15.8. The van der Waals surface area contributed by atoms with Gasteiger partial charge in [-0.15, -0.1) is 0 Å². The summed E-state index contributed by atoms with van der Waals surface area (Å²) >= 11 is 0. The Morgan fingerprint density at radius 1 is 1.11 bits per heavy atom. The normalized spacial score (nSPS) is 32.0. The van der Waals surface area contributed by atoms with Crippen LogP contribution in [0.5, 0.6) is 0 Å². The first-order valence-electron chi connectivity index (χ1n) is 9.06. The van der Waals surface area contributed by atoms with Crippen molar-refractivity contribution in [2.75, 3.05) is 0 Å². The highest BCUT2D eigenvalue weighted by molar-refractivity contribution is 5.76. The van der Waals surface area contributed by atoms with Gasteiger partial charge >= 0.3 is 18.3 Å². The van der Waals surface area contributed by atoms with E-state index in [2.05, 4.69) is 0 Å². The molecule has 4 unspecified atom stereocenters. The van der Waals surface area contributed by atoms with Gasteiger partial charge in [0.2, 0.25) is 0 Å². The minimum Gasteiger partial charge on any atom is -0.459 e. The lowest BCUT2D eigenvalue weighted by Crippen LogP contribution is -2.58. The van der Waals surface area contributed by atoms with E-state index in [4.69, 9.17) is 4.74 Å². The van der Waals surface area contributed by atoms with E-state index in [9.17, 15) is 36.2 Å². The average Bonchev–Trinajstić information content (AvgIpc) is 3.01. The lowest BCUT2D eigenvalue weighted by Gasteiger charge is -2.41. The van der Waals surface area contributed by atoms with E-state index in [1.165, 1.54) is 0 Å². The minimum atomic E-state index is -5.80. The van der Waals surface area contributed by atoms with Crippen LogP contribution in [0.1, 0.15) is 59.8 Å². The number of esters is 1. The molecule has 0 saturated heterocycles. The van der Waals surface area contributed by atoms with Gasteiger partial charge in [-0.3, -0.25) is 4.79 Å². The predicted octanol–water partition coefficient (Wildman–Crippen LogP) is 5.02. The molecule has 2 bridgehead atoms. The Hall–Kier alpha value is -0.990. The number of ether oxygens (including phenoxy) is 1. The topological polar surface area (TPSA) is 46.5 Å². The molecular weight excluding hydrogens is 378 g/mol. The van der Waals surface area contributed by atoms with Crippen LogP contribution in [0, 0.1) is 23.2 Å². The Balaban J connectivity index is 2.11. The Labute approximate surface area is 154 Å². The first-order chi connectivity index (χ1) is 12.0. The number of carbonyl (C=O) groups is 1. The molecule has 0 amide bonds. The summed E-state index contributed by atoms with van der Waals surface area (Å²) in [6.07, 6.45) is -11.8. The molecule has 0 aliphatic heterocycles. The zero-order valence-electron chi connectivity index (χ0n) is 15.8. The lowest BCUT2D eigenvalue weighted by molar-refractivity contribution is -0.373. The number of aliphatic hydroxyl groups is 1. The maximum atomic E-state index is 13.0. The van der Waals surface area contributed by atoms with Gasteiger partial charge in [0.25, 0.3) is 5.60 Å². The molecule has 0 spiro atoms. The SMILES string of the molecule is CCC(C)(C)C(=O)OC1(C)CC2CC1CC2CC(O)(C(F)(F)F)C(F)(F)F. The van der Waals surface area contributed by atoms with E-state index >= 15 is 0 Å². The first kappa shape index (κ1) is 22.3. The number of fused-ring (bicyclic) bond motifs is 2. The molecular formula is C18H26F6O3. The Bertz CT molecular complexity index is 569. The molecule has 4 atom stereocenters. The molecule has 2 fully saturated rings. The molecule has 0 radical (unpaired) electrons. The van der Waals surface area contributed by atoms with Crippen molar-refractivity contribution in [3.63, 3.8) is 0 Å². The number of alkyl halides is 6. The van der Waals surface area contributed by atoms with Gasteiger partial charge < -0.3 is 9.84 Å². The van der Waals surface area contributed by atoms with Crippen LogP contribution in [0.2, 0.25) is 0 Å². The van der Waals surface area contributed by atoms with Crippen LogP contribution in [-0.4, -0.2) is 34.6 Å². The standard InChI is InChI=1S/C18H26F6O3/c1-5-14(2,3)13(25)27-15(4)8-10-6-12(15)7-11(10)9-16(26,17(19,20)21)18(22,23)24/h10-12,26H,5-9H2,1-4H3. The summed E-state index contributed by atoms with van der Waals surface area (Å²) in [6, 6.07) is 0. The van der Waals surface area contributed by atoms with Crippen LogP contribution >= 0.6 is 0 Å². The van der Waals surface area contributed by atoms with E-state index in [1.807, 2.05) is 6.92 Å². The summed E-state index contributed by atoms with van der Waals surface area (Å²) in [5.74, 6) is -2.10. The Morgan fingerprint density at radius 3 is 2.00 bits per heavy atom. The van der Waals surface area contributed by atoms with Gasteiger partial charge in [0.1, 0.15) is 5.60 Å². The van der Waals surface area contributed by atoms with E-state index in [0.29, 0.717) is 12.8 Å². The molecule has 2 aliphatic rings. The van der Waals surface area contributed by atoms with Crippen molar-refractivity contribution in [3.8, 4) is 0 Å². The molecule has 0 aromatic heterocycles. The van der Waals surface area contributed by atoms with Crippen LogP contribution < -0.4 is 0 Å². The van der Waals surface area contributed by atoms with Crippen molar-refractivity contribution in [1.82, 2.24) is 0 Å². The molecule has 0 heterocycles. The largest absolute Gasteiger partial charge is 0.459 e. The molecule has 2 aliphatic carbocycles. The monoisotopic (exact) mass is 404 g/mol. The van der Waals surface area contributed by atoms with E-state index in [-0.39, 0.29) is 18.8 Å². The molecule has 2 rings (SSSR count). The van der Waals surface area contributed by atoms with Crippen LogP contribution in [-0.2, 0) is 9.53 Å². The highest BCUT2D eigenvalue weighted by atomic mass is 19.4. The second-order valence-corrected chi connectivity index (χ2v) is 8.89. The van der Waals surface area contributed by atoms with Gasteiger partial charge in [-0.2, -0.15) is 26.3 Å². The predicted molar refractivity (Wildman–Crippen MR) is 84.6 cm³/mol. The van der Waals surface area contributed by atoms with Crippen molar-refractivity contribution in [2.24, 2.45) is 23.2 Å². The second-order valence-electron chi connectivity index (χ2n) is 8.89. The van der Waals surface area contributed by atoms with Crippen LogP contribution in [0.15, 0.2) is 0 Å². The first-order valence-corrected chi connectivity index (χ1v) is 9.06. The zero-order chi connectivity index (χ0) is 21.1. The maximum absolute atomic E-state index is 13.0. The molecule has 3 nitrogen and oxygen atoms in total. The van der Waals surface area contributed by atoms with Crippen molar-refractivity contribution >= 4 is 5.97 Å². The molecule has 2 saturated carbocycles. The van der Waals surface area contributed by atoms with Crippen molar-refractivity contribution in [2.45, 2.75) is 83.4 Å². The van der Waals surface area contributed by atoms with E-state index in [0.717, 1.165) is 0 Å². The van der Waals surface area contributed by atoms with Gasteiger partial charge in [0.15, 0.2) is 0 Å². The number of halogens is 6. The highest BCUT2D eigenvalue weighted by Gasteiger charge is 2.71. The quantitative estimate of drug-likeness (QED) is 0.517. The smallest absolute Gasteiger partial charge is 0.426 e. The molecule has 0 aromatic carbocycles. The number of hydrogen-bond acceptors (Lipinski definition) is 3. The fourth-order valence-corrected chi connectivity index (χ4v) is 4.29. The minimum absolute atomic E-state index is 0.0650. The third-order valence-corrected chi connectivity index (χ3v) is 6.63. The van der Waals surface area contributed by atoms with E-state index in [1.54, 1.807) is 20.8 Å². The Morgan fingerprint density at radius 2 is 1.63 bits per heavy atom. The van der Waals surface area contributed by atoms with Crippen molar-refractivity contribution < 1.29 is 41.0 Å². The van der Waals surface area contributed by atoms with Crippen LogP contribution in [0.4, 0.5) is 26.3 Å². The summed E-state index contributed by atoms with van der Waals surface area (Å²) in [6.45, 7) is 6.97. The van der Waals surface area contributed by atoms with Crippen molar-refractivity contribution in [3.05, 3.63) is 0 Å². The fraction of sp³-hybridized carbons (Fsp3) is 0.944. The summed E-state index contributed by atoms with van der Waals surface area (Å²) in [5.41, 5.74) is -6.32. The third-order valence-electron chi connectivity index (χ3n) is 6.63. The summed E-state index contributed by atoms with van der Waals surface area (Å²) in [7, 11) is 0. The number of hydrogen-bond donors (Lipinski definition) is 1. The Kier molecular flexibility index (Phi) is 5.39. The van der Waals surface area contributed by atoms with Crippen molar-refractivity contribution in [1.29, 1.82) is 0 Å². The average molecular weight is 404 g/mol. The summed E-state index contributed by atoms with van der Waals surface area (Å²) < 4.78 is 83.4. The summed E-state index contributed by atoms with van der Waals surface area (Å²) in [4.78, 5) is 12.3. The van der Waals surface area contributed by atoms with Gasteiger partial charge in [-0.25, -0.2) is 0 Å². The van der Waals surface area contributed by atoms with Gasteiger partial charge in [0.05, 0.1) is 5.41 Å². The van der Waals surface area contributed by atoms with Gasteiger partial charge in [-0.05, 0) is 70.6 Å².